The molecule has 0 bridgehead atoms. The summed E-state index contributed by atoms with van der Waals surface area (Å²) in [6, 6.07) is 84.7. The highest BCUT2D eigenvalue weighted by Gasteiger charge is 2.47. The summed E-state index contributed by atoms with van der Waals surface area (Å²) >= 11 is 0. The molecule has 268 valence electrons. The molecule has 11 rings (SSSR count). The molecule has 0 aromatic heterocycles. The zero-order chi connectivity index (χ0) is 37.8. The summed E-state index contributed by atoms with van der Waals surface area (Å²) in [6.07, 6.45) is 0. The second-order valence-corrected chi connectivity index (χ2v) is 15.3. The zero-order valence-corrected chi connectivity index (χ0v) is 31.4. The van der Waals surface area contributed by atoms with Gasteiger partial charge in [0.25, 0.3) is 0 Å². The molecule has 0 fully saturated rings. The van der Waals surface area contributed by atoms with E-state index in [-0.39, 0.29) is 0 Å². The Morgan fingerprint density at radius 1 is 0.246 bits per heavy atom. The lowest BCUT2D eigenvalue weighted by Crippen LogP contribution is -2.28. The molecule has 0 radical (unpaired) electrons. The summed E-state index contributed by atoms with van der Waals surface area (Å²) in [5.41, 5.74) is 19.2. The van der Waals surface area contributed by atoms with Crippen LogP contribution in [0.1, 0.15) is 44.5 Å². The minimum Gasteiger partial charge on any atom is -0.356 e. The minimum absolute atomic E-state index is 0.392. The first kappa shape index (κ1) is 33.1. The van der Waals surface area contributed by atoms with Crippen molar-refractivity contribution < 1.29 is 0 Å². The molecular formula is C56H39N. The second-order valence-electron chi connectivity index (χ2n) is 15.3. The summed E-state index contributed by atoms with van der Waals surface area (Å²) in [6.45, 7) is 0. The van der Waals surface area contributed by atoms with E-state index in [0.29, 0.717) is 0 Å². The smallest absolute Gasteiger partial charge is 0.0714 e. The molecule has 1 heteroatoms. The standard InChI is InChI=1S/C56H39N/c1-4-16-41(17-5-1)55(51-25-13-10-22-47(51)48-23-11-14-26-52(48)55)44-32-28-39(29-33-44)40-30-34-45(35-31-40)57-46-36-37-50-49-24-12-15-27-53(49)56(54(50)38-46,42-18-6-2-7-19-42)43-20-8-3-9-21-43/h1-38,57H. The van der Waals surface area contributed by atoms with Crippen molar-refractivity contribution in [3.8, 4) is 33.4 Å². The van der Waals surface area contributed by atoms with E-state index in [0.717, 1.165) is 11.4 Å². The number of hydrogen-bond donors (Lipinski definition) is 1. The number of fused-ring (bicyclic) bond motifs is 6. The van der Waals surface area contributed by atoms with E-state index >= 15 is 0 Å². The fourth-order valence-electron chi connectivity index (χ4n) is 10.1. The van der Waals surface area contributed by atoms with Crippen molar-refractivity contribution in [1.82, 2.24) is 0 Å². The first-order valence-corrected chi connectivity index (χ1v) is 19.8. The molecule has 0 spiro atoms. The molecule has 0 saturated heterocycles. The van der Waals surface area contributed by atoms with Gasteiger partial charge in [-0.1, -0.05) is 206 Å². The molecule has 57 heavy (non-hydrogen) atoms. The van der Waals surface area contributed by atoms with E-state index in [2.05, 4.69) is 236 Å². The maximum Gasteiger partial charge on any atom is 0.0714 e. The van der Waals surface area contributed by atoms with Crippen LogP contribution in [0.5, 0.6) is 0 Å². The summed E-state index contributed by atoms with van der Waals surface area (Å²) in [4.78, 5) is 0. The van der Waals surface area contributed by atoms with Gasteiger partial charge >= 0.3 is 0 Å². The van der Waals surface area contributed by atoms with Gasteiger partial charge in [-0.15, -0.1) is 0 Å². The van der Waals surface area contributed by atoms with Gasteiger partial charge in [0.15, 0.2) is 0 Å². The third-order valence-corrected chi connectivity index (χ3v) is 12.4. The average Bonchev–Trinajstić information content (AvgIpc) is 3.76. The lowest BCUT2D eigenvalue weighted by Gasteiger charge is -2.34. The van der Waals surface area contributed by atoms with E-state index in [1.165, 1.54) is 77.9 Å². The van der Waals surface area contributed by atoms with Crippen LogP contribution in [0.15, 0.2) is 231 Å². The summed E-state index contributed by atoms with van der Waals surface area (Å²) in [5.74, 6) is 0. The van der Waals surface area contributed by atoms with E-state index < -0.39 is 10.8 Å². The summed E-state index contributed by atoms with van der Waals surface area (Å²) in [7, 11) is 0. The molecule has 0 heterocycles. The van der Waals surface area contributed by atoms with Crippen LogP contribution >= 0.6 is 0 Å². The highest BCUT2D eigenvalue weighted by Crippen LogP contribution is 2.58. The second kappa shape index (κ2) is 13.2. The molecule has 2 aliphatic carbocycles. The molecule has 0 atom stereocenters. The van der Waals surface area contributed by atoms with E-state index in [1.807, 2.05) is 0 Å². The molecule has 9 aromatic rings. The Balaban J connectivity index is 0.941. The quantitative estimate of drug-likeness (QED) is 0.172. The van der Waals surface area contributed by atoms with Crippen molar-refractivity contribution >= 4 is 11.4 Å². The molecule has 0 saturated carbocycles. The normalized spacial score (nSPS) is 13.9. The number of anilines is 2. The van der Waals surface area contributed by atoms with Crippen LogP contribution in [-0.2, 0) is 10.8 Å². The lowest BCUT2D eigenvalue weighted by molar-refractivity contribution is 0.768. The number of hydrogen-bond acceptors (Lipinski definition) is 1. The molecular weight excluding hydrogens is 687 g/mol. The number of rotatable bonds is 7. The molecule has 9 aromatic carbocycles. The molecule has 0 amide bonds. The van der Waals surface area contributed by atoms with Crippen LogP contribution in [-0.4, -0.2) is 0 Å². The van der Waals surface area contributed by atoms with Crippen LogP contribution in [0.2, 0.25) is 0 Å². The average molecular weight is 726 g/mol. The first-order valence-electron chi connectivity index (χ1n) is 19.8. The number of benzene rings is 9. The van der Waals surface area contributed by atoms with Crippen molar-refractivity contribution in [1.29, 1.82) is 0 Å². The SMILES string of the molecule is c1ccc(C2(c3ccc(-c4ccc(Nc5ccc6c(c5)C(c5ccccc5)(c5ccccc5)c5ccccc5-6)cc4)cc3)c3ccccc3-c3ccccc32)cc1. The van der Waals surface area contributed by atoms with Crippen LogP contribution < -0.4 is 5.32 Å². The van der Waals surface area contributed by atoms with Gasteiger partial charge < -0.3 is 5.32 Å². The van der Waals surface area contributed by atoms with E-state index in [1.54, 1.807) is 0 Å². The van der Waals surface area contributed by atoms with Crippen molar-refractivity contribution in [2.75, 3.05) is 5.32 Å². The molecule has 0 aliphatic heterocycles. The Morgan fingerprint density at radius 2 is 0.579 bits per heavy atom. The topological polar surface area (TPSA) is 12.0 Å². The third-order valence-electron chi connectivity index (χ3n) is 12.4. The maximum atomic E-state index is 3.77. The van der Waals surface area contributed by atoms with Gasteiger partial charge in [0.1, 0.15) is 0 Å². The van der Waals surface area contributed by atoms with E-state index in [9.17, 15) is 0 Å². The monoisotopic (exact) mass is 725 g/mol. The van der Waals surface area contributed by atoms with Crippen LogP contribution in [0.3, 0.4) is 0 Å². The molecule has 0 unspecified atom stereocenters. The van der Waals surface area contributed by atoms with Crippen LogP contribution in [0, 0.1) is 0 Å². The van der Waals surface area contributed by atoms with Crippen molar-refractivity contribution in [2.24, 2.45) is 0 Å². The van der Waals surface area contributed by atoms with Crippen LogP contribution in [0.25, 0.3) is 33.4 Å². The predicted octanol–water partition coefficient (Wildman–Crippen LogP) is 13.8. The zero-order valence-electron chi connectivity index (χ0n) is 31.4. The van der Waals surface area contributed by atoms with Gasteiger partial charge in [-0.05, 0) is 102 Å². The fraction of sp³-hybridized carbons (Fsp3) is 0.0357. The van der Waals surface area contributed by atoms with Crippen molar-refractivity contribution in [3.63, 3.8) is 0 Å². The fourth-order valence-corrected chi connectivity index (χ4v) is 10.1. The highest BCUT2D eigenvalue weighted by molar-refractivity contribution is 5.89. The largest absolute Gasteiger partial charge is 0.356 e. The Hall–Kier alpha value is -7.22. The summed E-state index contributed by atoms with van der Waals surface area (Å²) < 4.78 is 0. The third kappa shape index (κ3) is 4.95. The van der Waals surface area contributed by atoms with Gasteiger partial charge in [0.05, 0.1) is 10.8 Å². The van der Waals surface area contributed by atoms with E-state index in [4.69, 9.17) is 0 Å². The van der Waals surface area contributed by atoms with Gasteiger partial charge in [-0.2, -0.15) is 0 Å². The molecule has 1 nitrogen and oxygen atoms in total. The van der Waals surface area contributed by atoms with Crippen molar-refractivity contribution in [3.05, 3.63) is 275 Å². The van der Waals surface area contributed by atoms with Gasteiger partial charge in [-0.3, -0.25) is 0 Å². The Labute approximate surface area is 334 Å². The maximum absolute atomic E-state index is 3.77. The predicted molar refractivity (Wildman–Crippen MR) is 236 cm³/mol. The Morgan fingerprint density at radius 3 is 1.04 bits per heavy atom. The molecule has 1 N–H and O–H groups in total. The van der Waals surface area contributed by atoms with Gasteiger partial charge in [-0.25, -0.2) is 0 Å². The Bertz CT molecular complexity index is 2810. The Kier molecular flexibility index (Phi) is 7.69. The van der Waals surface area contributed by atoms with Crippen molar-refractivity contribution in [2.45, 2.75) is 10.8 Å². The van der Waals surface area contributed by atoms with Gasteiger partial charge in [0, 0.05) is 11.4 Å². The lowest BCUT2D eigenvalue weighted by atomic mass is 9.67. The molecule has 2 aliphatic rings. The van der Waals surface area contributed by atoms with Crippen LogP contribution in [0.4, 0.5) is 11.4 Å². The first-order chi connectivity index (χ1) is 28.3. The van der Waals surface area contributed by atoms with Gasteiger partial charge in [0.2, 0.25) is 0 Å². The summed E-state index contributed by atoms with van der Waals surface area (Å²) in [5, 5.41) is 3.77. The minimum atomic E-state index is -0.427. The number of nitrogens with one attached hydrogen (secondary N) is 1. The highest BCUT2D eigenvalue weighted by atomic mass is 14.9.